The summed E-state index contributed by atoms with van der Waals surface area (Å²) in [6.45, 7) is 5.47. The lowest BCUT2D eigenvalue weighted by molar-refractivity contribution is 0.0742. The predicted octanol–water partition coefficient (Wildman–Crippen LogP) is 3.83. The molecule has 0 fully saturated rings. The maximum Gasteiger partial charge on any atom is 0.254 e. The second kappa shape index (κ2) is 8.79. The lowest BCUT2D eigenvalue weighted by Crippen LogP contribution is -2.32. The quantitative estimate of drug-likeness (QED) is 0.697. The number of halogens is 2. The smallest absolute Gasteiger partial charge is 0.254 e. The van der Waals surface area contributed by atoms with Crippen molar-refractivity contribution < 1.29 is 22.0 Å². The van der Waals surface area contributed by atoms with Crippen LogP contribution in [0, 0.1) is 11.6 Å². The minimum Gasteiger partial charge on any atom is -0.335 e. The number of nitrogens with zero attached hydrogens (tertiary/aromatic N) is 2. The van der Waals surface area contributed by atoms with Gasteiger partial charge in [0.15, 0.2) is 0 Å². The molecule has 28 heavy (non-hydrogen) atoms. The highest BCUT2D eigenvalue weighted by Crippen LogP contribution is 2.24. The van der Waals surface area contributed by atoms with E-state index in [4.69, 9.17) is 0 Å². The van der Waals surface area contributed by atoms with Crippen molar-refractivity contribution in [1.82, 2.24) is 9.21 Å². The Balaban J connectivity index is 2.37. The molecule has 0 bridgehead atoms. The number of carbonyl (C=O) groups excluding carboxylic acids is 1. The van der Waals surface area contributed by atoms with Crippen LogP contribution >= 0.6 is 0 Å². The average molecular weight is 410 g/mol. The van der Waals surface area contributed by atoms with Gasteiger partial charge in [-0.25, -0.2) is 17.2 Å². The van der Waals surface area contributed by atoms with Gasteiger partial charge in [0.05, 0.1) is 6.04 Å². The fraction of sp³-hybridized carbons (Fsp3) is 0.350. The Kier molecular flexibility index (Phi) is 6.90. The predicted molar refractivity (Wildman–Crippen MR) is 103 cm³/mol. The first-order valence-corrected chi connectivity index (χ1v) is 10.4. The van der Waals surface area contributed by atoms with Crippen LogP contribution in [0.5, 0.6) is 0 Å². The van der Waals surface area contributed by atoms with E-state index < -0.39 is 26.6 Å². The fourth-order valence-electron chi connectivity index (χ4n) is 2.88. The monoisotopic (exact) mass is 410 g/mol. The van der Waals surface area contributed by atoms with Crippen LogP contribution in [-0.4, -0.2) is 43.7 Å². The van der Waals surface area contributed by atoms with E-state index in [1.54, 1.807) is 40.0 Å². The van der Waals surface area contributed by atoms with E-state index in [2.05, 4.69) is 0 Å². The summed E-state index contributed by atoms with van der Waals surface area (Å²) >= 11 is 0. The lowest BCUT2D eigenvalue weighted by Gasteiger charge is -2.26. The van der Waals surface area contributed by atoms with E-state index in [1.165, 1.54) is 23.1 Å². The molecule has 8 heteroatoms. The van der Waals surface area contributed by atoms with Gasteiger partial charge < -0.3 is 4.90 Å². The standard InChI is InChI=1S/C20H24F2N2O3S/c1-5-24(6-2)28(26,27)19-13-16(9-12-18(19)22)20(25)23(4)14(3)15-7-10-17(21)11-8-15/h7-14H,5-6H2,1-4H3. The van der Waals surface area contributed by atoms with Gasteiger partial charge in [-0.3, -0.25) is 4.79 Å². The summed E-state index contributed by atoms with van der Waals surface area (Å²) in [6, 6.07) is 8.68. The van der Waals surface area contributed by atoms with Crippen LogP contribution in [-0.2, 0) is 10.0 Å². The Labute approximate surface area is 164 Å². The number of hydrogen-bond donors (Lipinski definition) is 0. The Bertz CT molecular complexity index is 942. The number of benzene rings is 2. The van der Waals surface area contributed by atoms with Crippen molar-refractivity contribution >= 4 is 15.9 Å². The molecule has 0 N–H and O–H groups in total. The number of carbonyl (C=O) groups is 1. The zero-order chi connectivity index (χ0) is 21.1. The van der Waals surface area contributed by atoms with Crippen LogP contribution in [0.1, 0.15) is 42.7 Å². The normalized spacial score (nSPS) is 12.8. The molecule has 0 heterocycles. The number of amides is 1. The highest BCUT2D eigenvalue weighted by molar-refractivity contribution is 7.89. The van der Waals surface area contributed by atoms with Crippen molar-refractivity contribution in [2.75, 3.05) is 20.1 Å². The summed E-state index contributed by atoms with van der Waals surface area (Å²) in [5, 5.41) is 0. The van der Waals surface area contributed by atoms with Crippen LogP contribution in [0.4, 0.5) is 8.78 Å². The highest BCUT2D eigenvalue weighted by atomic mass is 32.2. The Hall–Kier alpha value is -2.32. The van der Waals surface area contributed by atoms with Crippen molar-refractivity contribution in [3.8, 4) is 0 Å². The van der Waals surface area contributed by atoms with Gasteiger partial charge in [-0.2, -0.15) is 4.31 Å². The Morgan fingerprint density at radius 2 is 1.61 bits per heavy atom. The maximum absolute atomic E-state index is 14.3. The molecule has 0 spiro atoms. The second-order valence-corrected chi connectivity index (χ2v) is 8.28. The van der Waals surface area contributed by atoms with Crippen LogP contribution in [0.25, 0.3) is 0 Å². The minimum absolute atomic E-state index is 0.0589. The molecule has 0 aliphatic heterocycles. The summed E-state index contributed by atoms with van der Waals surface area (Å²) in [5.74, 6) is -1.75. The average Bonchev–Trinajstić information content (AvgIpc) is 2.67. The molecular weight excluding hydrogens is 386 g/mol. The largest absolute Gasteiger partial charge is 0.335 e. The van der Waals surface area contributed by atoms with Crippen LogP contribution in [0.15, 0.2) is 47.4 Å². The molecule has 1 amide bonds. The zero-order valence-corrected chi connectivity index (χ0v) is 17.1. The molecule has 0 saturated heterocycles. The first-order chi connectivity index (χ1) is 13.1. The Morgan fingerprint density at radius 1 is 1.04 bits per heavy atom. The van der Waals surface area contributed by atoms with Gasteiger partial charge in [0.1, 0.15) is 16.5 Å². The van der Waals surface area contributed by atoms with Crippen molar-refractivity contribution in [3.05, 3.63) is 65.2 Å². The molecule has 1 atom stereocenters. The third-order valence-electron chi connectivity index (χ3n) is 4.76. The van der Waals surface area contributed by atoms with Crippen LogP contribution in [0.2, 0.25) is 0 Å². The molecule has 5 nitrogen and oxygen atoms in total. The molecule has 0 radical (unpaired) electrons. The molecule has 2 aromatic rings. The third kappa shape index (κ3) is 4.39. The molecule has 1 unspecified atom stereocenters. The van der Waals surface area contributed by atoms with E-state index in [0.29, 0.717) is 0 Å². The third-order valence-corrected chi connectivity index (χ3v) is 6.82. The second-order valence-electron chi connectivity index (χ2n) is 6.38. The summed E-state index contributed by atoms with van der Waals surface area (Å²) in [7, 11) is -2.49. The summed E-state index contributed by atoms with van der Waals surface area (Å²) in [6.07, 6.45) is 0. The number of sulfonamides is 1. The van der Waals surface area contributed by atoms with Gasteiger partial charge >= 0.3 is 0 Å². The molecule has 0 aromatic heterocycles. The molecule has 2 aromatic carbocycles. The summed E-state index contributed by atoms with van der Waals surface area (Å²) in [5.41, 5.74) is 0.777. The minimum atomic E-state index is -4.04. The van der Waals surface area contributed by atoms with Crippen LogP contribution in [0.3, 0.4) is 0 Å². The van der Waals surface area contributed by atoms with E-state index in [0.717, 1.165) is 22.0 Å². The summed E-state index contributed by atoms with van der Waals surface area (Å²) in [4.78, 5) is 13.7. The molecule has 2 rings (SSSR count). The number of rotatable bonds is 7. The van der Waals surface area contributed by atoms with Gasteiger partial charge in [0, 0.05) is 25.7 Å². The van der Waals surface area contributed by atoms with Gasteiger partial charge in [0.2, 0.25) is 10.0 Å². The molecule has 0 saturated carbocycles. The van der Waals surface area contributed by atoms with Gasteiger partial charge in [-0.15, -0.1) is 0 Å². The van der Waals surface area contributed by atoms with Gasteiger partial charge in [-0.05, 0) is 42.8 Å². The SMILES string of the molecule is CCN(CC)S(=O)(=O)c1cc(C(=O)N(C)C(C)c2ccc(F)cc2)ccc1F. The van der Waals surface area contributed by atoms with E-state index in [-0.39, 0.29) is 30.5 Å². The summed E-state index contributed by atoms with van der Waals surface area (Å²) < 4.78 is 53.8. The maximum atomic E-state index is 14.3. The van der Waals surface area contributed by atoms with Crippen LogP contribution < -0.4 is 0 Å². The van der Waals surface area contributed by atoms with E-state index in [1.807, 2.05) is 0 Å². The first-order valence-electron chi connectivity index (χ1n) is 8.95. The van der Waals surface area contributed by atoms with Crippen molar-refractivity contribution in [1.29, 1.82) is 0 Å². The molecular formula is C20H24F2N2O3S. The first kappa shape index (κ1) is 22.0. The van der Waals surface area contributed by atoms with E-state index in [9.17, 15) is 22.0 Å². The molecule has 0 aliphatic carbocycles. The molecule has 152 valence electrons. The van der Waals surface area contributed by atoms with Crippen molar-refractivity contribution in [2.24, 2.45) is 0 Å². The topological polar surface area (TPSA) is 57.7 Å². The zero-order valence-electron chi connectivity index (χ0n) is 16.3. The lowest BCUT2D eigenvalue weighted by atomic mass is 10.1. The van der Waals surface area contributed by atoms with Crippen molar-refractivity contribution in [2.45, 2.75) is 31.7 Å². The highest BCUT2D eigenvalue weighted by Gasteiger charge is 2.27. The van der Waals surface area contributed by atoms with Crippen molar-refractivity contribution in [3.63, 3.8) is 0 Å². The molecule has 0 aliphatic rings. The fourth-order valence-corrected chi connectivity index (χ4v) is 4.43. The van der Waals surface area contributed by atoms with E-state index >= 15 is 0 Å². The van der Waals surface area contributed by atoms with Gasteiger partial charge in [0.25, 0.3) is 5.91 Å². The van der Waals surface area contributed by atoms with Gasteiger partial charge in [-0.1, -0.05) is 26.0 Å². The Morgan fingerprint density at radius 3 is 2.14 bits per heavy atom. The number of hydrogen-bond acceptors (Lipinski definition) is 3.